The molecule has 0 radical (unpaired) electrons. The monoisotopic (exact) mass is 394 g/mol. The van der Waals surface area contributed by atoms with Crippen LogP contribution in [0, 0.1) is 17.6 Å². The average molecular weight is 394 g/mol. The Morgan fingerprint density at radius 2 is 2.19 bits per heavy atom. The summed E-state index contributed by atoms with van der Waals surface area (Å²) in [6, 6.07) is 2.26. The molecule has 1 aliphatic heterocycles. The van der Waals surface area contributed by atoms with Gasteiger partial charge in [0.15, 0.2) is 5.13 Å². The number of urea groups is 1. The summed E-state index contributed by atoms with van der Waals surface area (Å²) in [4.78, 5) is 30.5. The van der Waals surface area contributed by atoms with E-state index in [-0.39, 0.29) is 30.0 Å². The standard InChI is InChI=1S/C18H20F2N4O2S/c1-11(14-5-4-13(19)9-15(14)20)22-18(26)24-7-2-3-12(10-24)16(25)23-17-21-6-8-27-17/h4-6,8-9,11-12H,2-3,7,10H2,1H3,(H,22,26)(H,21,23,25). The van der Waals surface area contributed by atoms with Crippen molar-refractivity contribution in [2.75, 3.05) is 18.4 Å². The fraction of sp³-hybridized carbons (Fsp3) is 0.389. The molecular formula is C18H20F2N4O2S. The van der Waals surface area contributed by atoms with Crippen molar-refractivity contribution in [3.05, 3.63) is 47.0 Å². The minimum atomic E-state index is -0.706. The third-order valence-corrected chi connectivity index (χ3v) is 5.20. The number of thiazole rings is 1. The molecule has 1 aliphatic rings. The van der Waals surface area contributed by atoms with Crippen LogP contribution in [0.25, 0.3) is 0 Å². The van der Waals surface area contributed by atoms with E-state index >= 15 is 0 Å². The summed E-state index contributed by atoms with van der Waals surface area (Å²) in [6.45, 7) is 2.43. The Morgan fingerprint density at radius 1 is 1.37 bits per heavy atom. The van der Waals surface area contributed by atoms with Crippen molar-refractivity contribution in [3.63, 3.8) is 0 Å². The van der Waals surface area contributed by atoms with Crippen LogP contribution in [0.2, 0.25) is 0 Å². The molecule has 2 unspecified atom stereocenters. The van der Waals surface area contributed by atoms with Crippen LogP contribution >= 0.6 is 11.3 Å². The summed E-state index contributed by atoms with van der Waals surface area (Å²) in [5, 5.41) is 7.77. The van der Waals surface area contributed by atoms with E-state index in [9.17, 15) is 18.4 Å². The van der Waals surface area contributed by atoms with E-state index in [1.54, 1.807) is 23.4 Å². The van der Waals surface area contributed by atoms with Crippen LogP contribution in [0.4, 0.5) is 18.7 Å². The summed E-state index contributed by atoms with van der Waals surface area (Å²) in [7, 11) is 0. The van der Waals surface area contributed by atoms with E-state index in [0.717, 1.165) is 12.1 Å². The predicted molar refractivity (Wildman–Crippen MR) is 98.3 cm³/mol. The maximum atomic E-state index is 13.9. The number of carbonyl (C=O) groups is 2. The molecule has 1 saturated heterocycles. The first-order chi connectivity index (χ1) is 12.9. The lowest BCUT2D eigenvalue weighted by Gasteiger charge is -2.32. The molecule has 2 atom stereocenters. The highest BCUT2D eigenvalue weighted by molar-refractivity contribution is 7.13. The Hall–Kier alpha value is -2.55. The lowest BCUT2D eigenvalue weighted by atomic mass is 9.97. The number of rotatable bonds is 4. The number of anilines is 1. The summed E-state index contributed by atoms with van der Waals surface area (Å²) in [5.74, 6) is -1.87. The molecule has 3 amide bonds. The lowest BCUT2D eigenvalue weighted by Crippen LogP contribution is -2.48. The second kappa shape index (κ2) is 8.43. The molecule has 2 aromatic rings. The summed E-state index contributed by atoms with van der Waals surface area (Å²) in [6.07, 6.45) is 2.99. The van der Waals surface area contributed by atoms with Crippen molar-refractivity contribution in [2.45, 2.75) is 25.8 Å². The van der Waals surface area contributed by atoms with Crippen LogP contribution in [0.1, 0.15) is 31.4 Å². The van der Waals surface area contributed by atoms with E-state index in [1.807, 2.05) is 0 Å². The topological polar surface area (TPSA) is 74.3 Å². The van der Waals surface area contributed by atoms with Gasteiger partial charge in [0.2, 0.25) is 5.91 Å². The van der Waals surface area contributed by atoms with Crippen molar-refractivity contribution in [1.82, 2.24) is 15.2 Å². The van der Waals surface area contributed by atoms with E-state index in [0.29, 0.717) is 24.5 Å². The number of aromatic nitrogens is 1. The highest BCUT2D eigenvalue weighted by Gasteiger charge is 2.29. The fourth-order valence-electron chi connectivity index (χ4n) is 3.08. The third kappa shape index (κ3) is 4.79. The van der Waals surface area contributed by atoms with Crippen molar-refractivity contribution < 1.29 is 18.4 Å². The number of piperidine rings is 1. The maximum absolute atomic E-state index is 13.9. The van der Waals surface area contributed by atoms with Crippen molar-refractivity contribution in [1.29, 1.82) is 0 Å². The number of hydrogen-bond donors (Lipinski definition) is 2. The van der Waals surface area contributed by atoms with Crippen LogP contribution in [-0.2, 0) is 4.79 Å². The van der Waals surface area contributed by atoms with Gasteiger partial charge in [-0.1, -0.05) is 6.07 Å². The molecule has 9 heteroatoms. The van der Waals surface area contributed by atoms with Crippen molar-refractivity contribution in [2.24, 2.45) is 5.92 Å². The molecule has 3 rings (SSSR count). The molecular weight excluding hydrogens is 374 g/mol. The fourth-order valence-corrected chi connectivity index (χ4v) is 3.61. The first-order valence-corrected chi connectivity index (χ1v) is 9.52. The molecule has 1 aromatic heterocycles. The molecule has 0 saturated carbocycles. The zero-order chi connectivity index (χ0) is 19.4. The number of benzene rings is 1. The molecule has 2 heterocycles. The quantitative estimate of drug-likeness (QED) is 0.833. The lowest BCUT2D eigenvalue weighted by molar-refractivity contribution is -0.121. The Kier molecular flexibility index (Phi) is 6.00. The van der Waals surface area contributed by atoms with Gasteiger partial charge in [-0.2, -0.15) is 0 Å². The van der Waals surface area contributed by atoms with Gasteiger partial charge >= 0.3 is 6.03 Å². The van der Waals surface area contributed by atoms with E-state index in [2.05, 4.69) is 15.6 Å². The van der Waals surface area contributed by atoms with Gasteiger partial charge in [-0.15, -0.1) is 11.3 Å². The Bertz CT molecular complexity index is 816. The number of hydrogen-bond acceptors (Lipinski definition) is 4. The molecule has 0 spiro atoms. The van der Waals surface area contributed by atoms with Gasteiger partial charge in [0.05, 0.1) is 12.0 Å². The van der Waals surface area contributed by atoms with Gasteiger partial charge in [0.25, 0.3) is 0 Å². The van der Waals surface area contributed by atoms with Crippen LogP contribution in [-0.4, -0.2) is 34.9 Å². The normalized spacial score (nSPS) is 18.0. The highest BCUT2D eigenvalue weighted by Crippen LogP contribution is 2.22. The molecule has 144 valence electrons. The number of likely N-dealkylation sites (tertiary alicyclic amines) is 1. The van der Waals surface area contributed by atoms with Crippen LogP contribution in [0.3, 0.4) is 0 Å². The second-order valence-electron chi connectivity index (χ2n) is 6.45. The van der Waals surface area contributed by atoms with Gasteiger partial charge in [0.1, 0.15) is 11.6 Å². The Morgan fingerprint density at radius 3 is 2.89 bits per heavy atom. The molecule has 2 N–H and O–H groups in total. The highest BCUT2D eigenvalue weighted by atomic mass is 32.1. The summed E-state index contributed by atoms with van der Waals surface area (Å²) in [5.41, 5.74) is 0.208. The van der Waals surface area contributed by atoms with Crippen molar-refractivity contribution in [3.8, 4) is 0 Å². The Balaban J connectivity index is 1.58. The third-order valence-electron chi connectivity index (χ3n) is 4.51. The minimum absolute atomic E-state index is 0.167. The Labute approximate surface area is 159 Å². The number of carbonyl (C=O) groups excluding carboxylic acids is 2. The minimum Gasteiger partial charge on any atom is -0.331 e. The largest absolute Gasteiger partial charge is 0.331 e. The molecule has 0 bridgehead atoms. The molecule has 1 fully saturated rings. The van der Waals surface area contributed by atoms with E-state index < -0.39 is 17.7 Å². The molecule has 27 heavy (non-hydrogen) atoms. The second-order valence-corrected chi connectivity index (χ2v) is 7.34. The first-order valence-electron chi connectivity index (χ1n) is 8.65. The van der Waals surface area contributed by atoms with Crippen molar-refractivity contribution >= 4 is 28.4 Å². The molecule has 6 nitrogen and oxygen atoms in total. The van der Waals surface area contributed by atoms with Crippen LogP contribution in [0.15, 0.2) is 29.8 Å². The van der Waals surface area contributed by atoms with Crippen LogP contribution in [0.5, 0.6) is 0 Å². The van der Waals surface area contributed by atoms with Gasteiger partial charge in [-0.25, -0.2) is 18.6 Å². The van der Waals surface area contributed by atoms with Gasteiger partial charge in [-0.05, 0) is 25.8 Å². The van der Waals surface area contributed by atoms with Gasteiger partial charge < -0.3 is 15.5 Å². The SMILES string of the molecule is CC(NC(=O)N1CCCC(C(=O)Nc2nccs2)C1)c1ccc(F)cc1F. The zero-order valence-corrected chi connectivity index (χ0v) is 15.6. The first kappa shape index (κ1) is 19.2. The molecule has 0 aliphatic carbocycles. The summed E-state index contributed by atoms with van der Waals surface area (Å²) < 4.78 is 26.9. The van der Waals surface area contributed by atoms with E-state index in [4.69, 9.17) is 0 Å². The van der Waals surface area contributed by atoms with Gasteiger partial charge in [-0.3, -0.25) is 4.79 Å². The van der Waals surface area contributed by atoms with Gasteiger partial charge in [0, 0.05) is 36.3 Å². The van der Waals surface area contributed by atoms with E-state index in [1.165, 1.54) is 17.4 Å². The smallest absolute Gasteiger partial charge is 0.317 e. The summed E-state index contributed by atoms with van der Waals surface area (Å²) >= 11 is 1.33. The maximum Gasteiger partial charge on any atom is 0.317 e. The number of nitrogens with zero attached hydrogens (tertiary/aromatic N) is 2. The van der Waals surface area contributed by atoms with Crippen LogP contribution < -0.4 is 10.6 Å². The number of amides is 3. The number of halogens is 2. The average Bonchev–Trinajstić information content (AvgIpc) is 3.14. The molecule has 1 aromatic carbocycles. The zero-order valence-electron chi connectivity index (χ0n) is 14.7. The predicted octanol–water partition coefficient (Wildman–Crippen LogP) is 3.54. The number of nitrogens with one attached hydrogen (secondary N) is 2.